The molecule has 0 heterocycles. The van der Waals surface area contributed by atoms with Gasteiger partial charge in [-0.3, -0.25) is 4.79 Å². The highest BCUT2D eigenvalue weighted by atomic mass is 16.5. The zero-order valence-corrected chi connectivity index (χ0v) is 14.7. The van der Waals surface area contributed by atoms with Crippen LogP contribution < -0.4 is 4.90 Å². The van der Waals surface area contributed by atoms with E-state index in [2.05, 4.69) is 0 Å². The van der Waals surface area contributed by atoms with E-state index in [0.29, 0.717) is 5.56 Å². The Morgan fingerprint density at radius 1 is 1.00 bits per heavy atom. The van der Waals surface area contributed by atoms with E-state index in [1.54, 1.807) is 20.0 Å². The summed E-state index contributed by atoms with van der Waals surface area (Å²) in [7, 11) is 1.68. The van der Waals surface area contributed by atoms with Crippen molar-refractivity contribution >= 4 is 17.6 Å². The van der Waals surface area contributed by atoms with Gasteiger partial charge in [0.15, 0.2) is 6.10 Å². The first-order valence-electron chi connectivity index (χ1n) is 8.71. The summed E-state index contributed by atoms with van der Waals surface area (Å²) in [5.74, 6) is -0.701. The zero-order chi connectivity index (χ0) is 17.8. The van der Waals surface area contributed by atoms with Gasteiger partial charge in [0.25, 0.3) is 5.91 Å². The number of rotatable bonds is 4. The molecule has 2 aromatic rings. The molecule has 1 atom stereocenters. The molecule has 3 rings (SSSR count). The minimum atomic E-state index is -0.839. The van der Waals surface area contributed by atoms with Crippen LogP contribution in [0.25, 0.3) is 0 Å². The van der Waals surface area contributed by atoms with E-state index in [9.17, 15) is 9.59 Å². The predicted molar refractivity (Wildman–Crippen MR) is 97.8 cm³/mol. The van der Waals surface area contributed by atoms with Crippen LogP contribution in [0.1, 0.15) is 41.3 Å². The molecule has 0 aliphatic heterocycles. The fraction of sp³-hybridized carbons (Fsp3) is 0.333. The smallest absolute Gasteiger partial charge is 0.338 e. The number of esters is 1. The molecule has 1 aliphatic carbocycles. The average molecular weight is 337 g/mol. The molecular formula is C21H23NO3. The van der Waals surface area contributed by atoms with Gasteiger partial charge in [-0.05, 0) is 68.0 Å². The summed E-state index contributed by atoms with van der Waals surface area (Å²) in [5.41, 5.74) is 3.82. The van der Waals surface area contributed by atoms with Crippen LogP contribution in [0.5, 0.6) is 0 Å². The van der Waals surface area contributed by atoms with Crippen LogP contribution in [0.3, 0.4) is 0 Å². The van der Waals surface area contributed by atoms with Gasteiger partial charge < -0.3 is 9.64 Å². The number of carbonyl (C=O) groups excluding carboxylic acids is 2. The molecule has 0 aromatic heterocycles. The SMILES string of the molecule is C[C@@H](OC(=O)c1ccc2c(c1)CCCC2)C(=O)N(C)c1ccccc1. The summed E-state index contributed by atoms with van der Waals surface area (Å²) in [6.07, 6.45) is 3.59. The molecule has 0 saturated carbocycles. The lowest BCUT2D eigenvalue weighted by Crippen LogP contribution is -2.37. The van der Waals surface area contributed by atoms with E-state index in [-0.39, 0.29) is 5.91 Å². The van der Waals surface area contributed by atoms with Gasteiger partial charge in [0.2, 0.25) is 0 Å². The van der Waals surface area contributed by atoms with Gasteiger partial charge in [0, 0.05) is 12.7 Å². The topological polar surface area (TPSA) is 46.6 Å². The van der Waals surface area contributed by atoms with Crippen molar-refractivity contribution in [2.75, 3.05) is 11.9 Å². The number of carbonyl (C=O) groups is 2. The number of ether oxygens (including phenoxy) is 1. The molecule has 4 nitrogen and oxygen atoms in total. The summed E-state index contributed by atoms with van der Waals surface area (Å²) >= 11 is 0. The lowest BCUT2D eigenvalue weighted by atomic mass is 9.90. The number of fused-ring (bicyclic) bond motifs is 1. The maximum atomic E-state index is 12.5. The number of para-hydroxylation sites is 1. The maximum Gasteiger partial charge on any atom is 0.338 e. The third-order valence-electron chi connectivity index (χ3n) is 4.69. The summed E-state index contributed by atoms with van der Waals surface area (Å²) in [5, 5.41) is 0. The standard InChI is InChI=1S/C21H23NO3/c1-15(20(23)22(2)19-10-4-3-5-11-19)25-21(24)18-13-12-16-8-6-7-9-17(16)14-18/h3-5,10-15H,6-9H2,1-2H3/t15-/m1/s1. The van der Waals surface area contributed by atoms with Crippen molar-refractivity contribution in [2.45, 2.75) is 38.7 Å². The van der Waals surface area contributed by atoms with Gasteiger partial charge in [-0.15, -0.1) is 0 Å². The van der Waals surface area contributed by atoms with E-state index < -0.39 is 12.1 Å². The summed E-state index contributed by atoms with van der Waals surface area (Å²) in [6.45, 7) is 1.61. The van der Waals surface area contributed by atoms with E-state index in [4.69, 9.17) is 4.74 Å². The number of aryl methyl sites for hydroxylation is 2. The number of benzene rings is 2. The Balaban J connectivity index is 1.67. The van der Waals surface area contributed by atoms with Gasteiger partial charge >= 0.3 is 5.97 Å². The number of hydrogen-bond donors (Lipinski definition) is 0. The number of hydrogen-bond acceptors (Lipinski definition) is 3. The Morgan fingerprint density at radius 3 is 2.40 bits per heavy atom. The number of anilines is 1. The minimum Gasteiger partial charge on any atom is -0.449 e. The molecule has 0 spiro atoms. The first-order chi connectivity index (χ1) is 12.1. The Bertz CT molecular complexity index is 770. The Labute approximate surface area is 148 Å². The molecule has 0 radical (unpaired) electrons. The fourth-order valence-electron chi connectivity index (χ4n) is 3.19. The molecule has 0 N–H and O–H groups in total. The van der Waals surface area contributed by atoms with Crippen LogP contribution in [-0.4, -0.2) is 25.0 Å². The van der Waals surface area contributed by atoms with Gasteiger partial charge in [-0.1, -0.05) is 24.3 Å². The van der Waals surface area contributed by atoms with Crippen LogP contribution in [0.4, 0.5) is 5.69 Å². The molecule has 1 amide bonds. The minimum absolute atomic E-state index is 0.252. The van der Waals surface area contributed by atoms with Gasteiger partial charge in [0.1, 0.15) is 0 Å². The maximum absolute atomic E-state index is 12.5. The molecule has 2 aromatic carbocycles. The van der Waals surface area contributed by atoms with Gasteiger partial charge in [0.05, 0.1) is 5.56 Å². The number of amides is 1. The molecule has 0 bridgehead atoms. The Kier molecular flexibility index (Phi) is 5.17. The molecule has 130 valence electrons. The molecule has 4 heteroatoms. The van der Waals surface area contributed by atoms with Crippen molar-refractivity contribution in [3.63, 3.8) is 0 Å². The lowest BCUT2D eigenvalue weighted by molar-refractivity contribution is -0.126. The van der Waals surface area contributed by atoms with Crippen molar-refractivity contribution in [1.29, 1.82) is 0 Å². The van der Waals surface area contributed by atoms with Crippen LogP contribution in [0.2, 0.25) is 0 Å². The van der Waals surface area contributed by atoms with E-state index in [1.807, 2.05) is 42.5 Å². The van der Waals surface area contributed by atoms with Crippen LogP contribution >= 0.6 is 0 Å². The van der Waals surface area contributed by atoms with E-state index in [0.717, 1.165) is 24.9 Å². The lowest BCUT2D eigenvalue weighted by Gasteiger charge is -2.22. The highest BCUT2D eigenvalue weighted by molar-refractivity contribution is 5.98. The Hall–Kier alpha value is -2.62. The van der Waals surface area contributed by atoms with E-state index in [1.165, 1.54) is 22.4 Å². The molecule has 25 heavy (non-hydrogen) atoms. The second-order valence-corrected chi connectivity index (χ2v) is 6.47. The molecule has 0 fully saturated rings. The zero-order valence-electron chi connectivity index (χ0n) is 14.7. The van der Waals surface area contributed by atoms with Gasteiger partial charge in [-0.25, -0.2) is 4.79 Å². The number of nitrogens with zero attached hydrogens (tertiary/aromatic N) is 1. The highest BCUT2D eigenvalue weighted by Gasteiger charge is 2.23. The molecule has 1 aliphatic rings. The quantitative estimate of drug-likeness (QED) is 0.798. The third-order valence-corrected chi connectivity index (χ3v) is 4.69. The molecular weight excluding hydrogens is 314 g/mol. The first-order valence-corrected chi connectivity index (χ1v) is 8.71. The van der Waals surface area contributed by atoms with Crippen molar-refractivity contribution in [3.8, 4) is 0 Å². The Morgan fingerprint density at radius 2 is 1.68 bits per heavy atom. The third kappa shape index (κ3) is 3.90. The van der Waals surface area contributed by atoms with Crippen molar-refractivity contribution in [3.05, 3.63) is 65.2 Å². The van der Waals surface area contributed by atoms with Crippen molar-refractivity contribution in [1.82, 2.24) is 0 Å². The summed E-state index contributed by atoms with van der Waals surface area (Å²) < 4.78 is 5.40. The van der Waals surface area contributed by atoms with Crippen LogP contribution in [0.15, 0.2) is 48.5 Å². The monoisotopic (exact) mass is 337 g/mol. The second-order valence-electron chi connectivity index (χ2n) is 6.47. The fourth-order valence-corrected chi connectivity index (χ4v) is 3.19. The average Bonchev–Trinajstić information content (AvgIpc) is 2.67. The second kappa shape index (κ2) is 7.51. The summed E-state index contributed by atoms with van der Waals surface area (Å²) in [4.78, 5) is 26.4. The largest absolute Gasteiger partial charge is 0.449 e. The highest BCUT2D eigenvalue weighted by Crippen LogP contribution is 2.23. The van der Waals surface area contributed by atoms with E-state index >= 15 is 0 Å². The normalized spacial score (nSPS) is 14.3. The van der Waals surface area contributed by atoms with Crippen LogP contribution in [0, 0.1) is 0 Å². The van der Waals surface area contributed by atoms with Crippen LogP contribution in [-0.2, 0) is 22.4 Å². The molecule has 0 unspecified atom stereocenters. The molecule has 0 saturated heterocycles. The van der Waals surface area contributed by atoms with Crippen molar-refractivity contribution in [2.24, 2.45) is 0 Å². The predicted octanol–water partition coefficient (Wildman–Crippen LogP) is 3.77. The van der Waals surface area contributed by atoms with Gasteiger partial charge in [-0.2, -0.15) is 0 Å². The summed E-state index contributed by atoms with van der Waals surface area (Å²) in [6, 6.07) is 15.0. The number of likely N-dealkylation sites (N-methyl/N-ethyl adjacent to an activating group) is 1. The van der Waals surface area contributed by atoms with Crippen molar-refractivity contribution < 1.29 is 14.3 Å². The first kappa shape index (κ1) is 17.2.